The Morgan fingerprint density at radius 1 is 1.20 bits per heavy atom. The number of hydrogen-bond donors (Lipinski definition) is 1. The molecule has 1 amide bonds. The predicted octanol–water partition coefficient (Wildman–Crippen LogP) is 4.21. The number of amides is 1. The third-order valence-corrected chi connectivity index (χ3v) is 7.87. The highest BCUT2D eigenvalue weighted by molar-refractivity contribution is 6.12. The van der Waals surface area contributed by atoms with Gasteiger partial charge in [0.05, 0.1) is 10.8 Å². The number of carbonyl (C=O) groups excluding carboxylic acids is 2. The Labute approximate surface area is 202 Å². The van der Waals surface area contributed by atoms with Crippen LogP contribution in [0.2, 0.25) is 0 Å². The number of nitro benzene ring substituents is 1. The van der Waals surface area contributed by atoms with Crippen molar-refractivity contribution in [2.24, 2.45) is 5.92 Å². The number of nitro groups is 1. The van der Waals surface area contributed by atoms with Crippen LogP contribution in [0.3, 0.4) is 0 Å². The van der Waals surface area contributed by atoms with Crippen LogP contribution in [0.5, 0.6) is 0 Å². The molecule has 0 saturated carbocycles. The molecule has 2 saturated heterocycles. The van der Waals surface area contributed by atoms with E-state index in [1.165, 1.54) is 12.1 Å². The van der Waals surface area contributed by atoms with E-state index in [4.69, 9.17) is 0 Å². The molecule has 3 aromatic rings. The molecule has 3 unspecified atom stereocenters. The molecule has 176 valence electrons. The number of ketones is 1. The maximum Gasteiger partial charge on any atom is 0.269 e. The van der Waals surface area contributed by atoms with Crippen LogP contribution in [0.1, 0.15) is 45.8 Å². The number of rotatable bonds is 4. The smallest absolute Gasteiger partial charge is 0.269 e. The van der Waals surface area contributed by atoms with Gasteiger partial charge in [-0.25, -0.2) is 0 Å². The predicted molar refractivity (Wildman–Crippen MR) is 129 cm³/mol. The number of aromatic nitrogens is 1. The van der Waals surface area contributed by atoms with E-state index in [-0.39, 0.29) is 29.3 Å². The molecule has 4 heterocycles. The van der Waals surface area contributed by atoms with Gasteiger partial charge in [-0.3, -0.25) is 29.6 Å². The van der Waals surface area contributed by atoms with E-state index in [0.29, 0.717) is 12.1 Å². The summed E-state index contributed by atoms with van der Waals surface area (Å²) in [6.45, 7) is 2.69. The van der Waals surface area contributed by atoms with Gasteiger partial charge in [0.25, 0.3) is 5.69 Å². The highest BCUT2D eigenvalue weighted by Gasteiger charge is 2.69. The Balaban J connectivity index is 1.60. The SMILES string of the molecule is Cc1ccc2c(c1)[C@]1(C(=O)N2)C(C(=O)c2cccnc2)C(c2ccc([N+](=O)[O-])cc2)C2CCCN21. The van der Waals surface area contributed by atoms with Crippen LogP contribution in [0.15, 0.2) is 67.0 Å². The van der Waals surface area contributed by atoms with Crippen molar-refractivity contribution >= 4 is 23.1 Å². The molecule has 1 spiro atoms. The average Bonchev–Trinajstić information content (AvgIpc) is 3.53. The fourth-order valence-corrected chi connectivity index (χ4v) is 6.55. The quantitative estimate of drug-likeness (QED) is 0.349. The van der Waals surface area contributed by atoms with Crippen molar-refractivity contribution < 1.29 is 14.5 Å². The zero-order valence-electron chi connectivity index (χ0n) is 19.2. The molecule has 2 fully saturated rings. The summed E-state index contributed by atoms with van der Waals surface area (Å²) >= 11 is 0. The topological polar surface area (TPSA) is 105 Å². The van der Waals surface area contributed by atoms with Gasteiger partial charge in [-0.05, 0) is 50.1 Å². The first-order chi connectivity index (χ1) is 16.9. The number of fused-ring (bicyclic) bond motifs is 4. The molecule has 1 aromatic heterocycles. The third-order valence-electron chi connectivity index (χ3n) is 7.87. The van der Waals surface area contributed by atoms with Gasteiger partial charge in [-0.1, -0.05) is 29.8 Å². The van der Waals surface area contributed by atoms with Crippen molar-refractivity contribution in [1.29, 1.82) is 0 Å². The van der Waals surface area contributed by atoms with Gasteiger partial charge in [0, 0.05) is 53.3 Å². The zero-order chi connectivity index (χ0) is 24.3. The second-order valence-corrected chi connectivity index (χ2v) is 9.63. The molecular formula is C27H24N4O4. The lowest BCUT2D eigenvalue weighted by Crippen LogP contribution is -2.52. The highest BCUT2D eigenvalue weighted by atomic mass is 16.6. The van der Waals surface area contributed by atoms with E-state index < -0.39 is 16.4 Å². The number of Topliss-reactive ketones (excluding diaryl/α,β-unsaturated/α-hetero) is 1. The van der Waals surface area contributed by atoms with Crippen LogP contribution in [-0.4, -0.2) is 39.1 Å². The number of nitrogens with one attached hydrogen (secondary N) is 1. The normalized spacial score (nSPS) is 27.0. The van der Waals surface area contributed by atoms with Crippen LogP contribution in [0, 0.1) is 23.0 Å². The van der Waals surface area contributed by atoms with Crippen molar-refractivity contribution in [1.82, 2.24) is 9.88 Å². The van der Waals surface area contributed by atoms with Gasteiger partial charge in [-0.15, -0.1) is 0 Å². The minimum absolute atomic E-state index is 0.000506. The number of carbonyl (C=O) groups is 2. The van der Waals surface area contributed by atoms with Crippen LogP contribution < -0.4 is 5.32 Å². The minimum Gasteiger partial charge on any atom is -0.324 e. The van der Waals surface area contributed by atoms with Gasteiger partial charge in [0.1, 0.15) is 5.54 Å². The van der Waals surface area contributed by atoms with Crippen molar-refractivity contribution in [3.63, 3.8) is 0 Å². The number of pyridine rings is 1. The van der Waals surface area contributed by atoms with Gasteiger partial charge >= 0.3 is 0 Å². The molecule has 8 heteroatoms. The Bertz CT molecular complexity index is 1360. The van der Waals surface area contributed by atoms with E-state index in [0.717, 1.165) is 35.2 Å². The molecule has 35 heavy (non-hydrogen) atoms. The fourth-order valence-electron chi connectivity index (χ4n) is 6.55. The summed E-state index contributed by atoms with van der Waals surface area (Å²) in [6.07, 6.45) is 4.93. The molecule has 3 aliphatic rings. The highest BCUT2D eigenvalue weighted by Crippen LogP contribution is 2.61. The van der Waals surface area contributed by atoms with Crippen LogP contribution >= 0.6 is 0 Å². The van der Waals surface area contributed by atoms with Crippen LogP contribution in [0.25, 0.3) is 0 Å². The molecule has 0 aliphatic carbocycles. The van der Waals surface area contributed by atoms with Crippen molar-refractivity contribution in [3.8, 4) is 0 Å². The lowest BCUT2D eigenvalue weighted by molar-refractivity contribution is -0.384. The van der Waals surface area contributed by atoms with E-state index in [2.05, 4.69) is 15.2 Å². The van der Waals surface area contributed by atoms with Gasteiger partial charge in [0.2, 0.25) is 5.91 Å². The third kappa shape index (κ3) is 2.99. The summed E-state index contributed by atoms with van der Waals surface area (Å²) in [7, 11) is 0. The van der Waals surface area contributed by atoms with Crippen LogP contribution in [-0.2, 0) is 10.3 Å². The summed E-state index contributed by atoms with van der Waals surface area (Å²) < 4.78 is 0. The maximum atomic E-state index is 14.3. The first kappa shape index (κ1) is 21.6. The number of hydrogen-bond acceptors (Lipinski definition) is 6. The minimum atomic E-state index is -1.15. The summed E-state index contributed by atoms with van der Waals surface area (Å²) in [6, 6.07) is 15.8. The molecule has 6 rings (SSSR count). The van der Waals surface area contributed by atoms with Crippen molar-refractivity contribution in [2.45, 2.75) is 37.3 Å². The summed E-state index contributed by atoms with van der Waals surface area (Å²) in [5, 5.41) is 14.3. The second kappa shape index (κ2) is 7.81. The number of nitrogens with zero attached hydrogens (tertiary/aromatic N) is 3. The molecular weight excluding hydrogens is 444 g/mol. The first-order valence-electron chi connectivity index (χ1n) is 11.8. The van der Waals surface area contributed by atoms with Gasteiger partial charge < -0.3 is 5.32 Å². The number of non-ortho nitro benzene ring substituents is 1. The molecule has 1 N–H and O–H groups in total. The molecule has 2 aromatic carbocycles. The maximum absolute atomic E-state index is 14.3. The standard InChI is InChI=1S/C27H24N4O4/c1-16-6-11-21-20(14-16)27(26(33)29-21)24(25(32)18-4-2-12-28-15-18)23(22-5-3-13-30(22)27)17-7-9-19(10-8-17)31(34)35/h2,4,6-12,14-15,22-24H,3,5,13H2,1H3,(H,29,33)/t22?,23?,24?,27-/m1/s1. The van der Waals surface area contributed by atoms with Crippen molar-refractivity contribution in [3.05, 3.63) is 99.4 Å². The molecule has 3 aliphatic heterocycles. The summed E-state index contributed by atoms with van der Waals surface area (Å²) in [5.74, 6) is -1.33. The zero-order valence-corrected chi connectivity index (χ0v) is 19.2. The van der Waals surface area contributed by atoms with E-state index >= 15 is 0 Å². The molecule has 0 radical (unpaired) electrons. The molecule has 8 nitrogen and oxygen atoms in total. The summed E-state index contributed by atoms with van der Waals surface area (Å²) in [4.78, 5) is 45.5. The number of benzene rings is 2. The molecule has 0 bridgehead atoms. The second-order valence-electron chi connectivity index (χ2n) is 9.63. The Hall–Kier alpha value is -3.91. The van der Waals surface area contributed by atoms with E-state index in [1.807, 2.05) is 25.1 Å². The van der Waals surface area contributed by atoms with Gasteiger partial charge in [-0.2, -0.15) is 0 Å². The average molecular weight is 469 g/mol. The lowest BCUT2D eigenvalue weighted by Gasteiger charge is -2.37. The lowest BCUT2D eigenvalue weighted by atomic mass is 9.68. The van der Waals surface area contributed by atoms with Crippen LogP contribution in [0.4, 0.5) is 11.4 Å². The fraction of sp³-hybridized carbons (Fsp3) is 0.296. The monoisotopic (exact) mass is 468 g/mol. The largest absolute Gasteiger partial charge is 0.324 e. The first-order valence-corrected chi connectivity index (χ1v) is 11.8. The van der Waals surface area contributed by atoms with E-state index in [1.54, 1.807) is 36.7 Å². The Kier molecular flexibility index (Phi) is 4.82. The Morgan fingerprint density at radius 3 is 2.71 bits per heavy atom. The summed E-state index contributed by atoms with van der Waals surface area (Å²) in [5.41, 5.74) is 2.73. The Morgan fingerprint density at radius 2 is 2.00 bits per heavy atom. The van der Waals surface area contributed by atoms with Gasteiger partial charge in [0.15, 0.2) is 5.78 Å². The van der Waals surface area contributed by atoms with Crippen molar-refractivity contribution in [2.75, 3.05) is 11.9 Å². The number of aryl methyl sites for hydroxylation is 1. The molecule has 4 atom stereocenters. The van der Waals surface area contributed by atoms with E-state index in [9.17, 15) is 19.7 Å². The number of anilines is 1.